The number of benzene rings is 2. The molecule has 0 saturated heterocycles. The topological polar surface area (TPSA) is 87.4 Å². The van der Waals surface area contributed by atoms with Gasteiger partial charge in [-0.2, -0.15) is 0 Å². The van der Waals surface area contributed by atoms with E-state index < -0.39 is 0 Å². The zero-order chi connectivity index (χ0) is 18.8. The van der Waals surface area contributed by atoms with Crippen LogP contribution in [0.4, 0.5) is 0 Å². The third-order valence-corrected chi connectivity index (χ3v) is 4.00. The number of fused-ring (bicyclic) bond motifs is 1. The SMILES string of the molecule is COc1ccc(-c2cc(=O)c3c(OC)c(OC)c(O)c(OC)c3o2)cc1. The molecule has 0 radical (unpaired) electrons. The quantitative estimate of drug-likeness (QED) is 0.749. The van der Waals surface area contributed by atoms with Crippen molar-refractivity contribution < 1.29 is 28.5 Å². The molecule has 0 aliphatic rings. The minimum absolute atomic E-state index is 0.00125. The van der Waals surface area contributed by atoms with E-state index >= 15 is 0 Å². The summed E-state index contributed by atoms with van der Waals surface area (Å²) < 4.78 is 26.7. The van der Waals surface area contributed by atoms with Gasteiger partial charge >= 0.3 is 0 Å². The zero-order valence-corrected chi connectivity index (χ0v) is 14.8. The third kappa shape index (κ3) is 2.67. The van der Waals surface area contributed by atoms with Crippen LogP contribution in [0.5, 0.6) is 28.7 Å². The Morgan fingerprint density at radius 2 is 1.46 bits per heavy atom. The van der Waals surface area contributed by atoms with Crippen LogP contribution in [0.25, 0.3) is 22.3 Å². The number of hydrogen-bond acceptors (Lipinski definition) is 7. The summed E-state index contributed by atoms with van der Waals surface area (Å²) in [5, 5.41) is 10.5. The Morgan fingerprint density at radius 3 is 2.00 bits per heavy atom. The van der Waals surface area contributed by atoms with Gasteiger partial charge in [-0.15, -0.1) is 0 Å². The number of methoxy groups -OCH3 is 4. The Morgan fingerprint density at radius 1 is 0.846 bits per heavy atom. The van der Waals surface area contributed by atoms with Crippen molar-refractivity contribution in [3.05, 3.63) is 40.6 Å². The van der Waals surface area contributed by atoms with Gasteiger partial charge in [-0.05, 0) is 24.3 Å². The standard InChI is InChI=1S/C19H18O7/c1-22-11-7-5-10(6-8-11)13-9-12(20)14-16(23-2)18(24-3)15(21)19(25-4)17(14)26-13/h5-9,21H,1-4H3. The summed E-state index contributed by atoms with van der Waals surface area (Å²) in [5.74, 6) is 0.755. The number of hydrogen-bond donors (Lipinski definition) is 1. The van der Waals surface area contributed by atoms with E-state index in [1.807, 2.05) is 0 Å². The zero-order valence-electron chi connectivity index (χ0n) is 14.8. The number of phenols is 1. The van der Waals surface area contributed by atoms with Crippen LogP contribution in [0.2, 0.25) is 0 Å². The molecule has 0 aliphatic carbocycles. The molecule has 2 aromatic carbocycles. The van der Waals surface area contributed by atoms with E-state index in [2.05, 4.69) is 0 Å². The van der Waals surface area contributed by atoms with Crippen molar-refractivity contribution in [3.8, 4) is 40.1 Å². The summed E-state index contributed by atoms with van der Waals surface area (Å²) in [5.41, 5.74) is 0.382. The largest absolute Gasteiger partial charge is 0.501 e. The van der Waals surface area contributed by atoms with E-state index in [0.717, 1.165) is 0 Å². The Hall–Kier alpha value is -3.35. The molecule has 0 bridgehead atoms. The number of aromatic hydroxyl groups is 1. The Balaban J connectivity index is 2.35. The summed E-state index contributed by atoms with van der Waals surface area (Å²) >= 11 is 0. The molecule has 26 heavy (non-hydrogen) atoms. The van der Waals surface area contributed by atoms with Crippen LogP contribution in [-0.4, -0.2) is 33.5 Å². The molecule has 0 atom stereocenters. The number of ether oxygens (including phenoxy) is 4. The van der Waals surface area contributed by atoms with Crippen molar-refractivity contribution in [2.75, 3.05) is 28.4 Å². The van der Waals surface area contributed by atoms with E-state index in [9.17, 15) is 9.90 Å². The van der Waals surface area contributed by atoms with Crippen LogP contribution in [0.15, 0.2) is 39.5 Å². The van der Waals surface area contributed by atoms with Gasteiger partial charge in [-0.25, -0.2) is 0 Å². The summed E-state index contributed by atoms with van der Waals surface area (Å²) in [6.45, 7) is 0. The van der Waals surface area contributed by atoms with E-state index in [0.29, 0.717) is 17.1 Å². The van der Waals surface area contributed by atoms with Gasteiger partial charge in [0, 0.05) is 11.6 Å². The summed E-state index contributed by atoms with van der Waals surface area (Å²) in [4.78, 5) is 12.8. The Bertz CT molecular complexity index is 1000. The lowest BCUT2D eigenvalue weighted by atomic mass is 10.1. The van der Waals surface area contributed by atoms with Crippen molar-refractivity contribution in [1.29, 1.82) is 0 Å². The fourth-order valence-corrected chi connectivity index (χ4v) is 2.77. The van der Waals surface area contributed by atoms with Gasteiger partial charge in [0.25, 0.3) is 0 Å². The van der Waals surface area contributed by atoms with Crippen LogP contribution in [0, 0.1) is 0 Å². The van der Waals surface area contributed by atoms with Crippen LogP contribution in [0.3, 0.4) is 0 Å². The molecule has 0 fully saturated rings. The molecule has 0 spiro atoms. The first-order valence-electron chi connectivity index (χ1n) is 7.68. The number of phenolic OH excluding ortho intramolecular Hbond substituents is 1. The highest BCUT2D eigenvalue weighted by atomic mass is 16.5. The van der Waals surface area contributed by atoms with Gasteiger partial charge < -0.3 is 28.5 Å². The van der Waals surface area contributed by atoms with E-state index in [-0.39, 0.29) is 39.4 Å². The molecule has 0 aliphatic heterocycles. The average molecular weight is 358 g/mol. The molecule has 7 heteroatoms. The molecule has 1 N–H and O–H groups in total. The molecule has 1 heterocycles. The van der Waals surface area contributed by atoms with E-state index in [4.69, 9.17) is 23.4 Å². The van der Waals surface area contributed by atoms with Crippen molar-refractivity contribution in [2.24, 2.45) is 0 Å². The third-order valence-electron chi connectivity index (χ3n) is 4.00. The smallest absolute Gasteiger partial charge is 0.208 e. The molecule has 136 valence electrons. The summed E-state index contributed by atoms with van der Waals surface area (Å²) in [7, 11) is 5.66. The minimum atomic E-state index is -0.356. The average Bonchev–Trinajstić information content (AvgIpc) is 2.67. The second-order valence-corrected chi connectivity index (χ2v) is 5.36. The minimum Gasteiger partial charge on any atom is -0.501 e. The van der Waals surface area contributed by atoms with Crippen molar-refractivity contribution in [1.82, 2.24) is 0 Å². The molecule has 0 amide bonds. The first-order chi connectivity index (χ1) is 12.5. The second-order valence-electron chi connectivity index (χ2n) is 5.36. The normalized spacial score (nSPS) is 10.6. The van der Waals surface area contributed by atoms with Crippen molar-refractivity contribution in [3.63, 3.8) is 0 Å². The lowest BCUT2D eigenvalue weighted by molar-refractivity contribution is 0.317. The predicted molar refractivity (Wildman–Crippen MR) is 95.8 cm³/mol. The first-order valence-corrected chi connectivity index (χ1v) is 7.68. The van der Waals surface area contributed by atoms with E-state index in [1.54, 1.807) is 31.4 Å². The molecular weight excluding hydrogens is 340 g/mol. The van der Waals surface area contributed by atoms with Crippen LogP contribution < -0.4 is 24.4 Å². The molecule has 0 unspecified atom stereocenters. The van der Waals surface area contributed by atoms with Gasteiger partial charge in [0.05, 0.1) is 28.4 Å². The highest BCUT2D eigenvalue weighted by molar-refractivity contribution is 5.95. The molecular formula is C19H18O7. The van der Waals surface area contributed by atoms with Crippen LogP contribution >= 0.6 is 0 Å². The highest BCUT2D eigenvalue weighted by Crippen LogP contribution is 2.49. The Labute approximate surface area is 149 Å². The first kappa shape index (κ1) is 17.5. The van der Waals surface area contributed by atoms with Gasteiger partial charge in [-0.1, -0.05) is 0 Å². The summed E-state index contributed by atoms with van der Waals surface area (Å²) in [6.07, 6.45) is 0. The number of rotatable bonds is 5. The van der Waals surface area contributed by atoms with Gasteiger partial charge in [0.2, 0.25) is 17.2 Å². The highest BCUT2D eigenvalue weighted by Gasteiger charge is 2.26. The summed E-state index contributed by atoms with van der Waals surface area (Å²) in [6, 6.07) is 8.38. The molecule has 7 nitrogen and oxygen atoms in total. The van der Waals surface area contributed by atoms with Gasteiger partial charge in [0.15, 0.2) is 16.8 Å². The fraction of sp³-hybridized carbons (Fsp3) is 0.211. The van der Waals surface area contributed by atoms with Crippen molar-refractivity contribution >= 4 is 11.0 Å². The van der Waals surface area contributed by atoms with Crippen LogP contribution in [-0.2, 0) is 0 Å². The molecule has 3 aromatic rings. The maximum Gasteiger partial charge on any atom is 0.208 e. The van der Waals surface area contributed by atoms with Gasteiger partial charge in [0.1, 0.15) is 16.9 Å². The lowest BCUT2D eigenvalue weighted by Crippen LogP contribution is -2.05. The fourth-order valence-electron chi connectivity index (χ4n) is 2.77. The monoisotopic (exact) mass is 358 g/mol. The molecule has 3 rings (SSSR count). The van der Waals surface area contributed by atoms with Crippen LogP contribution in [0.1, 0.15) is 0 Å². The lowest BCUT2D eigenvalue weighted by Gasteiger charge is -2.15. The predicted octanol–water partition coefficient (Wildman–Crippen LogP) is 3.20. The molecule has 1 aromatic heterocycles. The van der Waals surface area contributed by atoms with Crippen molar-refractivity contribution in [2.45, 2.75) is 0 Å². The maximum absolute atomic E-state index is 12.8. The van der Waals surface area contributed by atoms with Gasteiger partial charge in [-0.3, -0.25) is 4.79 Å². The van der Waals surface area contributed by atoms with E-state index in [1.165, 1.54) is 27.4 Å². The molecule has 0 saturated carbocycles. The second kappa shape index (κ2) is 6.87. The Kier molecular flexibility index (Phi) is 4.62. The maximum atomic E-state index is 12.8.